The number of rotatable bonds is 6. The molecule has 0 heterocycles. The third-order valence-electron chi connectivity index (χ3n) is 6.58. The molecular weight excluding hydrogens is 385 g/mol. The lowest BCUT2D eigenvalue weighted by Gasteiger charge is -2.57. The Hall–Kier alpha value is -0.350. The maximum absolute atomic E-state index is 6.24. The summed E-state index contributed by atoms with van der Waals surface area (Å²) in [6.07, 6.45) is 8.95. The van der Waals surface area contributed by atoms with Gasteiger partial charge in [-0.15, -0.1) is 0 Å². The molecule has 0 aromatic heterocycles. The third kappa shape index (κ3) is 3.92. The van der Waals surface area contributed by atoms with E-state index in [-0.39, 0.29) is 6.10 Å². The SMILES string of the molecule is CCC(=S)OC(CNC12CC3CC(CC(C3)C1)C2)c1ccc(Cl)c(Cl)c1. The fraction of sp³-hybridized carbons (Fsp3) is 0.667. The van der Waals surface area contributed by atoms with Gasteiger partial charge in [-0.2, -0.15) is 0 Å². The Balaban J connectivity index is 1.49. The van der Waals surface area contributed by atoms with Crippen LogP contribution in [0.3, 0.4) is 0 Å². The first-order valence-electron chi connectivity index (χ1n) is 9.86. The summed E-state index contributed by atoms with van der Waals surface area (Å²) < 4.78 is 6.11. The van der Waals surface area contributed by atoms with Crippen LogP contribution in [0, 0.1) is 17.8 Å². The molecule has 4 aliphatic rings. The lowest BCUT2D eigenvalue weighted by molar-refractivity contribution is -0.0241. The van der Waals surface area contributed by atoms with Crippen LogP contribution in [-0.2, 0) is 4.74 Å². The summed E-state index contributed by atoms with van der Waals surface area (Å²) in [5, 5.41) is 5.71. The minimum atomic E-state index is -0.120. The first kappa shape index (κ1) is 19.0. The zero-order valence-corrected chi connectivity index (χ0v) is 17.6. The topological polar surface area (TPSA) is 21.3 Å². The van der Waals surface area contributed by atoms with Crippen LogP contribution in [0.5, 0.6) is 0 Å². The molecule has 4 aliphatic carbocycles. The van der Waals surface area contributed by atoms with Crippen molar-refractivity contribution in [2.75, 3.05) is 6.54 Å². The molecule has 4 bridgehead atoms. The molecule has 142 valence electrons. The fourth-order valence-electron chi connectivity index (χ4n) is 5.82. The van der Waals surface area contributed by atoms with Crippen molar-refractivity contribution in [2.45, 2.75) is 63.5 Å². The van der Waals surface area contributed by atoms with Gasteiger partial charge in [0.25, 0.3) is 0 Å². The van der Waals surface area contributed by atoms with E-state index in [1.807, 2.05) is 25.1 Å². The molecule has 4 fully saturated rings. The molecule has 26 heavy (non-hydrogen) atoms. The number of halogens is 2. The molecule has 5 rings (SSSR count). The van der Waals surface area contributed by atoms with Crippen LogP contribution in [-0.4, -0.2) is 17.1 Å². The highest BCUT2D eigenvalue weighted by atomic mass is 35.5. The molecule has 2 nitrogen and oxygen atoms in total. The van der Waals surface area contributed by atoms with Gasteiger partial charge in [0.2, 0.25) is 0 Å². The third-order valence-corrected chi connectivity index (χ3v) is 7.70. The van der Waals surface area contributed by atoms with E-state index in [4.69, 9.17) is 40.2 Å². The maximum atomic E-state index is 6.24. The summed E-state index contributed by atoms with van der Waals surface area (Å²) >= 11 is 17.7. The van der Waals surface area contributed by atoms with Crippen molar-refractivity contribution in [1.29, 1.82) is 0 Å². The predicted molar refractivity (Wildman–Crippen MR) is 112 cm³/mol. The van der Waals surface area contributed by atoms with Crippen LogP contribution in [0.1, 0.15) is 63.5 Å². The predicted octanol–water partition coefficient (Wildman–Crippen LogP) is 6.35. The number of ether oxygens (including phenoxy) is 1. The van der Waals surface area contributed by atoms with Crippen molar-refractivity contribution in [3.63, 3.8) is 0 Å². The molecule has 1 N–H and O–H groups in total. The number of nitrogens with one attached hydrogen (secondary N) is 1. The monoisotopic (exact) mass is 411 g/mol. The highest BCUT2D eigenvalue weighted by Crippen LogP contribution is 2.55. The zero-order chi connectivity index (χ0) is 18.3. The molecule has 1 unspecified atom stereocenters. The molecule has 0 saturated heterocycles. The molecule has 1 aromatic carbocycles. The molecule has 1 atom stereocenters. The maximum Gasteiger partial charge on any atom is 0.160 e. The summed E-state index contributed by atoms with van der Waals surface area (Å²) in [7, 11) is 0. The minimum absolute atomic E-state index is 0.120. The van der Waals surface area contributed by atoms with Gasteiger partial charge < -0.3 is 10.1 Å². The summed E-state index contributed by atoms with van der Waals surface area (Å²) in [4.78, 5) is 0. The zero-order valence-electron chi connectivity index (χ0n) is 15.3. The first-order valence-corrected chi connectivity index (χ1v) is 11.0. The van der Waals surface area contributed by atoms with Crippen molar-refractivity contribution in [2.24, 2.45) is 17.8 Å². The largest absolute Gasteiger partial charge is 0.478 e. The number of benzene rings is 1. The lowest BCUT2D eigenvalue weighted by atomic mass is 9.53. The van der Waals surface area contributed by atoms with E-state index in [1.165, 1.54) is 38.5 Å². The molecule has 0 amide bonds. The van der Waals surface area contributed by atoms with Gasteiger partial charge in [0, 0.05) is 18.5 Å². The molecule has 1 aromatic rings. The average Bonchev–Trinajstić information content (AvgIpc) is 2.59. The van der Waals surface area contributed by atoms with Gasteiger partial charge in [0.05, 0.1) is 10.0 Å². The average molecular weight is 412 g/mol. The highest BCUT2D eigenvalue weighted by molar-refractivity contribution is 7.80. The van der Waals surface area contributed by atoms with Gasteiger partial charge in [-0.05, 0) is 86.2 Å². The van der Waals surface area contributed by atoms with Gasteiger partial charge in [-0.3, -0.25) is 0 Å². The van der Waals surface area contributed by atoms with E-state index >= 15 is 0 Å². The highest BCUT2D eigenvalue weighted by Gasteiger charge is 2.50. The second-order valence-electron chi connectivity index (χ2n) is 8.58. The Morgan fingerprint density at radius 3 is 2.31 bits per heavy atom. The van der Waals surface area contributed by atoms with Crippen molar-refractivity contribution in [3.8, 4) is 0 Å². The van der Waals surface area contributed by atoms with Gasteiger partial charge >= 0.3 is 0 Å². The van der Waals surface area contributed by atoms with Crippen LogP contribution < -0.4 is 5.32 Å². The summed E-state index contributed by atoms with van der Waals surface area (Å²) in [6.45, 7) is 2.80. The van der Waals surface area contributed by atoms with Gasteiger partial charge in [-0.25, -0.2) is 0 Å². The van der Waals surface area contributed by atoms with Crippen molar-refractivity contribution < 1.29 is 4.74 Å². The number of thiocarbonyl (C=S) groups is 1. The van der Waals surface area contributed by atoms with Crippen LogP contribution in [0.2, 0.25) is 10.0 Å². The first-order chi connectivity index (χ1) is 12.5. The van der Waals surface area contributed by atoms with Crippen molar-refractivity contribution >= 4 is 40.5 Å². The molecule has 5 heteroatoms. The van der Waals surface area contributed by atoms with Crippen LogP contribution in [0.4, 0.5) is 0 Å². The Labute approximate surface area is 172 Å². The normalized spacial score (nSPS) is 33.3. The van der Waals surface area contributed by atoms with Crippen LogP contribution >= 0.6 is 35.4 Å². The van der Waals surface area contributed by atoms with Gasteiger partial charge in [-0.1, -0.05) is 36.2 Å². The molecular formula is C21H27Cl2NOS. The Kier molecular flexibility index (Phi) is 5.54. The molecule has 4 saturated carbocycles. The Morgan fingerprint density at radius 2 is 1.77 bits per heavy atom. The minimum Gasteiger partial charge on any atom is -0.478 e. The van der Waals surface area contributed by atoms with Crippen molar-refractivity contribution in [1.82, 2.24) is 5.32 Å². The second-order valence-corrected chi connectivity index (χ2v) is 9.85. The van der Waals surface area contributed by atoms with Crippen LogP contribution in [0.15, 0.2) is 18.2 Å². The Morgan fingerprint density at radius 1 is 1.15 bits per heavy atom. The Bertz CT molecular complexity index is 657. The smallest absolute Gasteiger partial charge is 0.160 e. The van der Waals surface area contributed by atoms with E-state index in [1.54, 1.807) is 0 Å². The van der Waals surface area contributed by atoms with Gasteiger partial charge in [0.1, 0.15) is 6.10 Å². The lowest BCUT2D eigenvalue weighted by Crippen LogP contribution is -2.59. The quantitative estimate of drug-likeness (QED) is 0.551. The number of hydrogen-bond donors (Lipinski definition) is 1. The fourth-order valence-corrected chi connectivity index (χ4v) is 6.24. The van der Waals surface area contributed by atoms with E-state index in [9.17, 15) is 0 Å². The summed E-state index contributed by atoms with van der Waals surface area (Å²) in [6, 6.07) is 5.75. The van der Waals surface area contributed by atoms with E-state index in [0.29, 0.717) is 20.6 Å². The van der Waals surface area contributed by atoms with Crippen molar-refractivity contribution in [3.05, 3.63) is 33.8 Å². The number of hydrogen-bond acceptors (Lipinski definition) is 3. The van der Waals surface area contributed by atoms with Crippen LogP contribution in [0.25, 0.3) is 0 Å². The molecule has 0 radical (unpaired) electrons. The summed E-state index contributed by atoms with van der Waals surface area (Å²) in [5.74, 6) is 2.78. The summed E-state index contributed by atoms with van der Waals surface area (Å²) in [5.41, 5.74) is 1.34. The van der Waals surface area contributed by atoms with E-state index in [0.717, 1.165) is 36.3 Å². The molecule has 0 spiro atoms. The van der Waals surface area contributed by atoms with E-state index < -0.39 is 0 Å². The second kappa shape index (κ2) is 7.58. The molecule has 0 aliphatic heterocycles. The van der Waals surface area contributed by atoms with Gasteiger partial charge in [0.15, 0.2) is 5.05 Å². The standard InChI is InChI=1S/C21H27Cl2NOS/c1-2-20(26)25-19(16-3-4-17(22)18(23)8-16)12-24-21-9-13-5-14(10-21)7-15(6-13)11-21/h3-4,8,13-15,19,24H,2,5-7,9-12H2,1H3. The van der Waals surface area contributed by atoms with E-state index in [2.05, 4.69) is 5.32 Å².